The van der Waals surface area contributed by atoms with Crippen LogP contribution in [0.4, 0.5) is 0 Å². The summed E-state index contributed by atoms with van der Waals surface area (Å²) in [7, 11) is 0. The highest BCUT2D eigenvalue weighted by Gasteiger charge is 2.00. The number of rotatable bonds is 1. The molecule has 0 aliphatic heterocycles. The van der Waals surface area contributed by atoms with E-state index in [9.17, 15) is 0 Å². The van der Waals surface area contributed by atoms with Crippen molar-refractivity contribution in [3.63, 3.8) is 0 Å². The van der Waals surface area contributed by atoms with Crippen molar-refractivity contribution in [2.24, 2.45) is 0 Å². The Bertz CT molecular complexity index is 586. The van der Waals surface area contributed by atoms with Crippen molar-refractivity contribution in [1.29, 1.82) is 0 Å². The lowest BCUT2D eigenvalue weighted by atomic mass is 10.2. The third-order valence-corrected chi connectivity index (χ3v) is 2.26. The van der Waals surface area contributed by atoms with Gasteiger partial charge in [0.1, 0.15) is 6.33 Å². The third-order valence-electron chi connectivity index (χ3n) is 2.26. The monoisotopic (exact) mass is 196 g/mol. The summed E-state index contributed by atoms with van der Waals surface area (Å²) in [6, 6.07) is 9.81. The average Bonchev–Trinajstić information content (AvgIpc) is 2.77. The lowest BCUT2D eigenvalue weighted by Crippen LogP contribution is -1.86. The van der Waals surface area contributed by atoms with Gasteiger partial charge < -0.3 is 0 Å². The van der Waals surface area contributed by atoms with Gasteiger partial charge >= 0.3 is 0 Å². The molecule has 0 saturated heterocycles. The summed E-state index contributed by atoms with van der Waals surface area (Å²) >= 11 is 0. The van der Waals surface area contributed by atoms with Gasteiger partial charge in [-0.15, -0.1) is 10.2 Å². The Hall–Kier alpha value is -2.23. The SMILES string of the molecule is c1ccc(-c2ccn3cnnc3c2)nc1. The Morgan fingerprint density at radius 1 is 1.13 bits per heavy atom. The first-order valence-corrected chi connectivity index (χ1v) is 4.64. The van der Waals surface area contributed by atoms with Gasteiger partial charge in [-0.05, 0) is 24.3 Å². The van der Waals surface area contributed by atoms with E-state index in [2.05, 4.69) is 15.2 Å². The fraction of sp³-hybridized carbons (Fsp3) is 0. The second-order valence-corrected chi connectivity index (χ2v) is 3.23. The Labute approximate surface area is 86.2 Å². The number of aromatic nitrogens is 4. The lowest BCUT2D eigenvalue weighted by molar-refractivity contribution is 1.10. The van der Waals surface area contributed by atoms with Gasteiger partial charge in [-0.3, -0.25) is 9.38 Å². The van der Waals surface area contributed by atoms with Crippen LogP contribution in [0, 0.1) is 0 Å². The third kappa shape index (κ3) is 1.36. The number of hydrogen-bond donors (Lipinski definition) is 0. The fourth-order valence-electron chi connectivity index (χ4n) is 1.51. The van der Waals surface area contributed by atoms with E-state index in [0.29, 0.717) is 0 Å². The minimum Gasteiger partial charge on any atom is -0.289 e. The average molecular weight is 196 g/mol. The first-order chi connectivity index (χ1) is 7.43. The largest absolute Gasteiger partial charge is 0.289 e. The second-order valence-electron chi connectivity index (χ2n) is 3.23. The zero-order valence-electron chi connectivity index (χ0n) is 7.91. The van der Waals surface area contributed by atoms with Crippen LogP contribution in [-0.4, -0.2) is 19.6 Å². The van der Waals surface area contributed by atoms with Gasteiger partial charge in [0.05, 0.1) is 5.69 Å². The van der Waals surface area contributed by atoms with Crippen molar-refractivity contribution in [1.82, 2.24) is 19.6 Å². The fourth-order valence-corrected chi connectivity index (χ4v) is 1.51. The van der Waals surface area contributed by atoms with Gasteiger partial charge in [0.15, 0.2) is 5.65 Å². The smallest absolute Gasteiger partial charge is 0.161 e. The molecule has 4 heteroatoms. The van der Waals surface area contributed by atoms with Crippen LogP contribution in [0.3, 0.4) is 0 Å². The summed E-state index contributed by atoms with van der Waals surface area (Å²) in [6.45, 7) is 0. The van der Waals surface area contributed by atoms with E-state index < -0.39 is 0 Å². The molecule has 72 valence electrons. The summed E-state index contributed by atoms with van der Waals surface area (Å²) in [6.07, 6.45) is 5.39. The first-order valence-electron chi connectivity index (χ1n) is 4.64. The maximum atomic E-state index is 4.28. The minimum absolute atomic E-state index is 0.832. The normalized spacial score (nSPS) is 10.7. The van der Waals surface area contributed by atoms with Crippen LogP contribution < -0.4 is 0 Å². The molecule has 3 heterocycles. The molecular weight excluding hydrogens is 188 g/mol. The van der Waals surface area contributed by atoms with E-state index in [-0.39, 0.29) is 0 Å². The van der Waals surface area contributed by atoms with Crippen LogP contribution in [-0.2, 0) is 0 Å². The number of pyridine rings is 2. The minimum atomic E-state index is 0.832. The van der Waals surface area contributed by atoms with E-state index in [1.54, 1.807) is 12.5 Å². The Balaban J connectivity index is 2.19. The molecule has 0 aliphatic carbocycles. The molecule has 0 fully saturated rings. The molecule has 0 aromatic carbocycles. The first kappa shape index (κ1) is 8.11. The summed E-state index contributed by atoms with van der Waals surface area (Å²) in [5.41, 5.74) is 2.83. The van der Waals surface area contributed by atoms with Crippen LogP contribution in [0.5, 0.6) is 0 Å². The number of hydrogen-bond acceptors (Lipinski definition) is 3. The molecule has 0 atom stereocenters. The summed E-state index contributed by atoms with van der Waals surface area (Å²) in [5, 5.41) is 7.82. The highest BCUT2D eigenvalue weighted by molar-refractivity contribution is 5.63. The predicted molar refractivity (Wildman–Crippen MR) is 56.2 cm³/mol. The molecule has 0 spiro atoms. The molecule has 0 bridgehead atoms. The van der Waals surface area contributed by atoms with Crippen LogP contribution in [0.15, 0.2) is 49.1 Å². The molecule has 0 unspecified atom stereocenters. The zero-order valence-corrected chi connectivity index (χ0v) is 7.91. The Morgan fingerprint density at radius 3 is 3.00 bits per heavy atom. The van der Waals surface area contributed by atoms with Gasteiger partial charge in [-0.1, -0.05) is 6.07 Å². The van der Waals surface area contributed by atoms with Crippen LogP contribution in [0.1, 0.15) is 0 Å². The molecule has 3 aromatic rings. The van der Waals surface area contributed by atoms with Crippen LogP contribution in [0.25, 0.3) is 16.9 Å². The highest BCUT2D eigenvalue weighted by Crippen LogP contribution is 2.16. The molecule has 0 saturated carbocycles. The van der Waals surface area contributed by atoms with E-state index in [4.69, 9.17) is 0 Å². The molecule has 3 aromatic heterocycles. The molecule has 4 nitrogen and oxygen atoms in total. The molecule has 3 rings (SSSR count). The van der Waals surface area contributed by atoms with E-state index >= 15 is 0 Å². The summed E-state index contributed by atoms with van der Waals surface area (Å²) in [4.78, 5) is 4.28. The zero-order chi connectivity index (χ0) is 10.1. The van der Waals surface area contributed by atoms with Gasteiger partial charge in [0.25, 0.3) is 0 Å². The molecule has 15 heavy (non-hydrogen) atoms. The Kier molecular flexibility index (Phi) is 1.71. The highest BCUT2D eigenvalue weighted by atomic mass is 15.2. The van der Waals surface area contributed by atoms with E-state index in [1.165, 1.54) is 0 Å². The van der Waals surface area contributed by atoms with Crippen molar-refractivity contribution < 1.29 is 0 Å². The molecule has 0 radical (unpaired) electrons. The van der Waals surface area contributed by atoms with Gasteiger partial charge in [0.2, 0.25) is 0 Å². The van der Waals surface area contributed by atoms with E-state index in [1.807, 2.05) is 40.9 Å². The Morgan fingerprint density at radius 2 is 2.13 bits per heavy atom. The maximum Gasteiger partial charge on any atom is 0.161 e. The van der Waals surface area contributed by atoms with Crippen molar-refractivity contribution in [3.05, 3.63) is 49.1 Å². The molecular formula is C11H8N4. The van der Waals surface area contributed by atoms with E-state index in [0.717, 1.165) is 16.9 Å². The quantitative estimate of drug-likeness (QED) is 0.596. The van der Waals surface area contributed by atoms with Crippen LogP contribution in [0.2, 0.25) is 0 Å². The topological polar surface area (TPSA) is 43.1 Å². The van der Waals surface area contributed by atoms with Gasteiger partial charge in [-0.2, -0.15) is 0 Å². The summed E-state index contributed by atoms with van der Waals surface area (Å²) in [5.74, 6) is 0. The molecule has 0 amide bonds. The van der Waals surface area contributed by atoms with Crippen LogP contribution >= 0.6 is 0 Å². The lowest BCUT2D eigenvalue weighted by Gasteiger charge is -1.99. The molecule has 0 N–H and O–H groups in total. The summed E-state index contributed by atoms with van der Waals surface area (Å²) < 4.78 is 1.87. The van der Waals surface area contributed by atoms with Crippen molar-refractivity contribution >= 4 is 5.65 Å². The standard InChI is InChI=1S/C11H8N4/c1-2-5-12-10(3-1)9-4-6-15-8-13-14-11(15)7-9/h1-8H. The number of fused-ring (bicyclic) bond motifs is 1. The maximum absolute atomic E-state index is 4.28. The van der Waals surface area contributed by atoms with Crippen molar-refractivity contribution in [2.75, 3.05) is 0 Å². The van der Waals surface area contributed by atoms with Crippen molar-refractivity contribution in [2.45, 2.75) is 0 Å². The van der Waals surface area contributed by atoms with Gasteiger partial charge in [0, 0.05) is 18.0 Å². The van der Waals surface area contributed by atoms with Crippen molar-refractivity contribution in [3.8, 4) is 11.3 Å². The molecule has 0 aliphatic rings. The second kappa shape index (κ2) is 3.16. The number of nitrogens with zero attached hydrogens (tertiary/aromatic N) is 4. The predicted octanol–water partition coefficient (Wildman–Crippen LogP) is 1.79. The van der Waals surface area contributed by atoms with Gasteiger partial charge in [-0.25, -0.2) is 0 Å².